The Bertz CT molecular complexity index is 414. The normalized spacial score (nSPS) is 19.1. The molecule has 0 bridgehead atoms. The fourth-order valence-electron chi connectivity index (χ4n) is 2.28. The maximum atomic E-state index is 4.65. The van der Waals surface area contributed by atoms with Crippen LogP contribution in [0.2, 0.25) is 0 Å². The van der Waals surface area contributed by atoms with Gasteiger partial charge in [-0.25, -0.2) is 4.98 Å². The van der Waals surface area contributed by atoms with Crippen molar-refractivity contribution in [1.29, 1.82) is 0 Å². The van der Waals surface area contributed by atoms with Crippen molar-refractivity contribution in [1.82, 2.24) is 10.3 Å². The van der Waals surface area contributed by atoms with Crippen LogP contribution in [-0.4, -0.2) is 34.6 Å². The van der Waals surface area contributed by atoms with E-state index in [4.69, 9.17) is 0 Å². The summed E-state index contributed by atoms with van der Waals surface area (Å²) in [6.07, 6.45) is 3.23. The van der Waals surface area contributed by atoms with E-state index in [0.717, 1.165) is 25.5 Å². The molecule has 1 aliphatic heterocycles. The number of nitrogens with zero attached hydrogens (tertiary/aromatic N) is 2. The van der Waals surface area contributed by atoms with E-state index >= 15 is 0 Å². The first-order valence-corrected chi connectivity index (χ1v) is 8.52. The van der Waals surface area contributed by atoms with Gasteiger partial charge in [-0.3, -0.25) is 0 Å². The molecule has 0 unspecified atom stereocenters. The van der Waals surface area contributed by atoms with Gasteiger partial charge in [0.25, 0.3) is 0 Å². The van der Waals surface area contributed by atoms with Crippen molar-refractivity contribution in [3.05, 3.63) is 23.9 Å². The molecule has 0 amide bonds. The Morgan fingerprint density at radius 1 is 1.35 bits per heavy atom. The summed E-state index contributed by atoms with van der Waals surface area (Å²) in [6, 6.07) is 4.88. The monoisotopic (exact) mass is 293 g/mol. The molecule has 1 N–H and O–H groups in total. The second-order valence-corrected chi connectivity index (χ2v) is 8.21. The molecular formula is C16H27N3S. The van der Waals surface area contributed by atoms with E-state index in [0.29, 0.717) is 10.8 Å². The predicted octanol–water partition coefficient (Wildman–Crippen LogP) is 3.30. The highest BCUT2D eigenvalue weighted by Gasteiger charge is 2.24. The van der Waals surface area contributed by atoms with E-state index in [1.54, 1.807) is 0 Å². The molecule has 4 heteroatoms. The lowest BCUT2D eigenvalue weighted by Crippen LogP contribution is -2.28. The van der Waals surface area contributed by atoms with Gasteiger partial charge in [-0.15, -0.1) is 0 Å². The summed E-state index contributed by atoms with van der Waals surface area (Å²) in [4.78, 5) is 7.06. The number of hydrogen-bond donors (Lipinski definition) is 1. The zero-order chi connectivity index (χ0) is 14.6. The lowest BCUT2D eigenvalue weighted by molar-refractivity contribution is 0.587. The molecule has 3 nitrogen and oxygen atoms in total. The van der Waals surface area contributed by atoms with Crippen LogP contribution in [0.5, 0.6) is 0 Å². The van der Waals surface area contributed by atoms with E-state index < -0.39 is 0 Å². The molecule has 0 aliphatic carbocycles. The molecule has 0 aromatic carbocycles. The van der Waals surface area contributed by atoms with Crippen LogP contribution in [-0.2, 0) is 6.54 Å². The first kappa shape index (κ1) is 15.6. The second-order valence-electron chi connectivity index (χ2n) is 6.41. The van der Waals surface area contributed by atoms with Crippen molar-refractivity contribution in [3.8, 4) is 0 Å². The minimum absolute atomic E-state index is 0.399. The van der Waals surface area contributed by atoms with E-state index in [9.17, 15) is 0 Å². The summed E-state index contributed by atoms with van der Waals surface area (Å²) in [5, 5.41) is 3.42. The van der Waals surface area contributed by atoms with Crippen LogP contribution in [0.1, 0.15) is 39.7 Å². The molecule has 0 saturated carbocycles. The third-order valence-corrected chi connectivity index (χ3v) is 5.06. The van der Waals surface area contributed by atoms with Gasteiger partial charge >= 0.3 is 0 Å². The van der Waals surface area contributed by atoms with Crippen LogP contribution in [0, 0.1) is 0 Å². The minimum Gasteiger partial charge on any atom is -0.356 e. The Hall–Kier alpha value is -0.740. The van der Waals surface area contributed by atoms with Crippen LogP contribution in [0.4, 0.5) is 5.82 Å². The minimum atomic E-state index is 0.399. The molecule has 2 heterocycles. The number of hydrogen-bond acceptors (Lipinski definition) is 4. The first-order chi connectivity index (χ1) is 9.46. The zero-order valence-corrected chi connectivity index (χ0v) is 14.0. The first-order valence-electron chi connectivity index (χ1n) is 7.53. The highest BCUT2D eigenvalue weighted by molar-refractivity contribution is 8.00. The maximum Gasteiger partial charge on any atom is 0.128 e. The van der Waals surface area contributed by atoms with Gasteiger partial charge in [-0.1, -0.05) is 33.8 Å². The fourth-order valence-corrected chi connectivity index (χ4v) is 3.38. The van der Waals surface area contributed by atoms with Crippen molar-refractivity contribution < 1.29 is 0 Å². The van der Waals surface area contributed by atoms with Crippen molar-refractivity contribution >= 4 is 17.6 Å². The molecular weight excluding hydrogens is 266 g/mol. The lowest BCUT2D eigenvalue weighted by Gasteiger charge is -2.23. The highest BCUT2D eigenvalue weighted by atomic mass is 32.2. The molecule has 1 fully saturated rings. The van der Waals surface area contributed by atoms with Gasteiger partial charge in [-0.05, 0) is 18.1 Å². The van der Waals surface area contributed by atoms with Crippen LogP contribution in [0.3, 0.4) is 0 Å². The van der Waals surface area contributed by atoms with Gasteiger partial charge in [-0.2, -0.15) is 11.8 Å². The summed E-state index contributed by atoms with van der Waals surface area (Å²) in [5.41, 5.74) is 1.26. The number of aromatic nitrogens is 1. The largest absolute Gasteiger partial charge is 0.356 e. The zero-order valence-electron chi connectivity index (χ0n) is 13.1. The molecule has 1 aliphatic rings. The molecule has 0 spiro atoms. The van der Waals surface area contributed by atoms with Crippen LogP contribution >= 0.6 is 11.8 Å². The van der Waals surface area contributed by atoms with E-state index in [1.807, 2.05) is 6.20 Å². The van der Waals surface area contributed by atoms with E-state index in [1.165, 1.54) is 17.7 Å². The van der Waals surface area contributed by atoms with Gasteiger partial charge in [0.15, 0.2) is 0 Å². The summed E-state index contributed by atoms with van der Waals surface area (Å²) in [5.74, 6) is 2.31. The van der Waals surface area contributed by atoms with Gasteiger partial charge in [0.2, 0.25) is 0 Å². The third-order valence-electron chi connectivity index (χ3n) is 3.69. The smallest absolute Gasteiger partial charge is 0.128 e. The standard InChI is InChI=1S/C16H27N3S/c1-13(2)17-11-14-5-6-15(18-12-14)19-8-7-16(3,4)20-10-9-19/h5-6,12-13,17H,7-11H2,1-4H3. The summed E-state index contributed by atoms with van der Waals surface area (Å²) in [6.45, 7) is 12.1. The second kappa shape index (κ2) is 6.81. The lowest BCUT2D eigenvalue weighted by atomic mass is 10.1. The number of anilines is 1. The average Bonchev–Trinajstić information content (AvgIpc) is 2.58. The Morgan fingerprint density at radius 3 is 2.80 bits per heavy atom. The summed E-state index contributed by atoms with van der Waals surface area (Å²) >= 11 is 2.07. The van der Waals surface area contributed by atoms with Gasteiger partial charge in [0.05, 0.1) is 0 Å². The van der Waals surface area contributed by atoms with Gasteiger partial charge < -0.3 is 10.2 Å². The number of thioether (sulfide) groups is 1. The van der Waals surface area contributed by atoms with Crippen molar-refractivity contribution in [2.75, 3.05) is 23.7 Å². The Morgan fingerprint density at radius 2 is 2.15 bits per heavy atom. The predicted molar refractivity (Wildman–Crippen MR) is 89.6 cm³/mol. The molecule has 1 aromatic heterocycles. The van der Waals surface area contributed by atoms with Crippen LogP contribution < -0.4 is 10.2 Å². The van der Waals surface area contributed by atoms with Crippen molar-refractivity contribution in [3.63, 3.8) is 0 Å². The van der Waals surface area contributed by atoms with Gasteiger partial charge in [0, 0.05) is 42.4 Å². The van der Waals surface area contributed by atoms with Crippen LogP contribution in [0.15, 0.2) is 18.3 Å². The fraction of sp³-hybridized carbons (Fsp3) is 0.688. The van der Waals surface area contributed by atoms with E-state index in [2.05, 4.69) is 66.8 Å². The molecule has 0 radical (unpaired) electrons. The summed E-state index contributed by atoms with van der Waals surface area (Å²) in [7, 11) is 0. The number of rotatable bonds is 4. The van der Waals surface area contributed by atoms with E-state index in [-0.39, 0.29) is 0 Å². The topological polar surface area (TPSA) is 28.2 Å². The molecule has 112 valence electrons. The highest BCUT2D eigenvalue weighted by Crippen LogP contribution is 2.31. The quantitative estimate of drug-likeness (QED) is 0.922. The third kappa shape index (κ3) is 4.67. The average molecular weight is 293 g/mol. The summed E-state index contributed by atoms with van der Waals surface area (Å²) < 4.78 is 0.399. The molecule has 2 rings (SSSR count). The van der Waals surface area contributed by atoms with Gasteiger partial charge in [0.1, 0.15) is 5.82 Å². The Labute approximate surface area is 127 Å². The molecule has 20 heavy (non-hydrogen) atoms. The Balaban J connectivity index is 1.95. The molecule has 1 aromatic rings. The van der Waals surface area contributed by atoms with Crippen molar-refractivity contribution in [2.24, 2.45) is 0 Å². The molecule has 1 saturated heterocycles. The molecule has 0 atom stereocenters. The maximum absolute atomic E-state index is 4.65. The number of nitrogens with one attached hydrogen (secondary N) is 1. The SMILES string of the molecule is CC(C)NCc1ccc(N2CCSC(C)(C)CC2)nc1. The Kier molecular flexibility index (Phi) is 5.33. The van der Waals surface area contributed by atoms with Crippen LogP contribution in [0.25, 0.3) is 0 Å². The number of pyridine rings is 1. The van der Waals surface area contributed by atoms with Crippen molar-refractivity contribution in [2.45, 2.75) is 51.4 Å².